The van der Waals surface area contributed by atoms with E-state index in [0.717, 1.165) is 18.5 Å². The summed E-state index contributed by atoms with van der Waals surface area (Å²) in [5.74, 6) is 0.207. The predicted octanol–water partition coefficient (Wildman–Crippen LogP) is 3.56. The van der Waals surface area contributed by atoms with Crippen LogP contribution < -0.4 is 5.32 Å². The molecule has 6 nitrogen and oxygen atoms in total. The first-order chi connectivity index (χ1) is 12.5. The molecular weight excluding hydrogens is 370 g/mol. The molecule has 26 heavy (non-hydrogen) atoms. The Morgan fingerprint density at radius 3 is 2.85 bits per heavy atom. The van der Waals surface area contributed by atoms with Crippen LogP contribution in [0, 0.1) is 0 Å². The standard InChI is InChI=1S/C18H23N3O3S2/c1-11-9-15(13-7-8-25-18(13)26(11,23)24)19-17(22)16-10-14(20-21-16)12-5-3-2-4-6-12/h7-8,10-12,15H,2-6,9H2,1H3,(H,19,22)(H,20,21)/t11-,15-/m0/s1. The van der Waals surface area contributed by atoms with Crippen LogP contribution in [0.1, 0.15) is 79.2 Å². The second-order valence-electron chi connectivity index (χ2n) is 7.32. The van der Waals surface area contributed by atoms with Gasteiger partial charge in [0, 0.05) is 17.2 Å². The first kappa shape index (κ1) is 17.7. The van der Waals surface area contributed by atoms with Gasteiger partial charge in [0.15, 0.2) is 9.84 Å². The van der Waals surface area contributed by atoms with Crippen molar-refractivity contribution in [2.24, 2.45) is 0 Å². The molecule has 2 aromatic rings. The van der Waals surface area contributed by atoms with E-state index < -0.39 is 15.1 Å². The van der Waals surface area contributed by atoms with Gasteiger partial charge in [-0.05, 0) is 43.7 Å². The molecule has 0 saturated heterocycles. The highest BCUT2D eigenvalue weighted by Crippen LogP contribution is 2.39. The Hall–Kier alpha value is -1.67. The number of carbonyl (C=O) groups excluding carboxylic acids is 1. The number of nitrogens with zero attached hydrogens (tertiary/aromatic N) is 1. The number of hydrogen-bond acceptors (Lipinski definition) is 5. The minimum absolute atomic E-state index is 0.253. The number of H-pyrrole nitrogens is 1. The third-order valence-electron chi connectivity index (χ3n) is 5.57. The molecule has 0 radical (unpaired) electrons. The van der Waals surface area contributed by atoms with E-state index in [1.807, 2.05) is 6.07 Å². The molecule has 140 valence electrons. The third-order valence-corrected chi connectivity index (χ3v) is 9.28. The summed E-state index contributed by atoms with van der Waals surface area (Å²) in [5, 5.41) is 11.5. The van der Waals surface area contributed by atoms with Crippen molar-refractivity contribution in [2.75, 3.05) is 0 Å². The minimum Gasteiger partial charge on any atom is -0.344 e. The summed E-state index contributed by atoms with van der Waals surface area (Å²) in [5.41, 5.74) is 2.11. The molecular formula is C18H23N3O3S2. The Morgan fingerprint density at radius 2 is 2.08 bits per heavy atom. The number of amides is 1. The van der Waals surface area contributed by atoms with E-state index in [1.54, 1.807) is 18.4 Å². The van der Waals surface area contributed by atoms with Gasteiger partial charge in [-0.15, -0.1) is 11.3 Å². The molecule has 0 unspecified atom stereocenters. The number of hydrogen-bond donors (Lipinski definition) is 2. The van der Waals surface area contributed by atoms with Gasteiger partial charge in [0.05, 0.1) is 11.3 Å². The van der Waals surface area contributed by atoms with E-state index in [4.69, 9.17) is 0 Å². The molecule has 1 fully saturated rings. The first-order valence-electron chi connectivity index (χ1n) is 9.14. The van der Waals surface area contributed by atoms with Crippen molar-refractivity contribution in [3.8, 4) is 0 Å². The van der Waals surface area contributed by atoms with E-state index in [0.29, 0.717) is 27.8 Å². The van der Waals surface area contributed by atoms with E-state index in [1.165, 1.54) is 30.6 Å². The number of aromatic amines is 1. The van der Waals surface area contributed by atoms with Crippen LogP contribution in [0.5, 0.6) is 0 Å². The molecule has 4 rings (SSSR count). The van der Waals surface area contributed by atoms with Crippen LogP contribution in [0.3, 0.4) is 0 Å². The average molecular weight is 394 g/mol. The van der Waals surface area contributed by atoms with Crippen LogP contribution in [-0.2, 0) is 9.84 Å². The van der Waals surface area contributed by atoms with Crippen LogP contribution in [-0.4, -0.2) is 29.8 Å². The lowest BCUT2D eigenvalue weighted by molar-refractivity contribution is 0.0928. The number of carbonyl (C=O) groups is 1. The van der Waals surface area contributed by atoms with Gasteiger partial charge in [0.1, 0.15) is 9.90 Å². The molecule has 1 aliphatic carbocycles. The van der Waals surface area contributed by atoms with Crippen molar-refractivity contribution in [1.82, 2.24) is 15.5 Å². The lowest BCUT2D eigenvalue weighted by Crippen LogP contribution is -2.36. The van der Waals surface area contributed by atoms with Gasteiger partial charge < -0.3 is 5.32 Å². The highest BCUT2D eigenvalue weighted by atomic mass is 32.2. The van der Waals surface area contributed by atoms with Crippen LogP contribution in [0.15, 0.2) is 21.7 Å². The molecule has 0 spiro atoms. The zero-order valence-electron chi connectivity index (χ0n) is 14.7. The Kier molecular flexibility index (Phi) is 4.64. The summed E-state index contributed by atoms with van der Waals surface area (Å²) >= 11 is 1.22. The normalized spacial score (nSPS) is 25.6. The maximum absolute atomic E-state index is 12.7. The fourth-order valence-corrected chi connectivity index (χ4v) is 7.24. The summed E-state index contributed by atoms with van der Waals surface area (Å²) < 4.78 is 25.2. The fourth-order valence-electron chi connectivity index (χ4n) is 4.01. The minimum atomic E-state index is -3.28. The highest BCUT2D eigenvalue weighted by molar-refractivity contribution is 7.94. The number of rotatable bonds is 3. The smallest absolute Gasteiger partial charge is 0.272 e. The number of nitrogens with one attached hydrogen (secondary N) is 2. The summed E-state index contributed by atoms with van der Waals surface area (Å²) in [6, 6.07) is 3.35. The molecule has 3 heterocycles. The Morgan fingerprint density at radius 1 is 1.31 bits per heavy atom. The second-order valence-corrected chi connectivity index (χ2v) is 10.8. The van der Waals surface area contributed by atoms with Crippen molar-refractivity contribution in [2.45, 2.75) is 66.9 Å². The lowest BCUT2D eigenvalue weighted by Gasteiger charge is -2.27. The fraction of sp³-hybridized carbons (Fsp3) is 0.556. The Bertz CT molecular complexity index is 910. The molecule has 2 N–H and O–H groups in total. The zero-order chi connectivity index (χ0) is 18.3. The average Bonchev–Trinajstić information content (AvgIpc) is 3.31. The molecule has 0 bridgehead atoms. The molecule has 1 saturated carbocycles. The van der Waals surface area contributed by atoms with E-state index in [9.17, 15) is 13.2 Å². The van der Waals surface area contributed by atoms with Gasteiger partial charge in [0.25, 0.3) is 5.91 Å². The van der Waals surface area contributed by atoms with Crippen LogP contribution >= 0.6 is 11.3 Å². The predicted molar refractivity (Wildman–Crippen MR) is 100 cm³/mol. The van der Waals surface area contributed by atoms with Gasteiger partial charge in [-0.25, -0.2) is 8.42 Å². The maximum Gasteiger partial charge on any atom is 0.272 e. The molecule has 0 aromatic carbocycles. The van der Waals surface area contributed by atoms with Crippen LogP contribution in [0.2, 0.25) is 0 Å². The number of fused-ring (bicyclic) bond motifs is 1. The summed E-state index contributed by atoms with van der Waals surface area (Å²) in [6.45, 7) is 1.70. The van der Waals surface area contributed by atoms with E-state index in [2.05, 4.69) is 15.5 Å². The molecule has 8 heteroatoms. The number of aromatic nitrogens is 2. The van der Waals surface area contributed by atoms with E-state index >= 15 is 0 Å². The van der Waals surface area contributed by atoms with Crippen molar-refractivity contribution in [3.63, 3.8) is 0 Å². The van der Waals surface area contributed by atoms with Gasteiger partial charge >= 0.3 is 0 Å². The molecule has 2 aromatic heterocycles. The topological polar surface area (TPSA) is 91.9 Å². The first-order valence-corrected chi connectivity index (χ1v) is 11.6. The lowest BCUT2D eigenvalue weighted by atomic mass is 9.87. The van der Waals surface area contributed by atoms with Crippen LogP contribution in [0.25, 0.3) is 0 Å². The second kappa shape index (κ2) is 6.81. The van der Waals surface area contributed by atoms with Gasteiger partial charge in [-0.3, -0.25) is 9.89 Å². The summed E-state index contributed by atoms with van der Waals surface area (Å²) in [4.78, 5) is 12.7. The van der Waals surface area contributed by atoms with Gasteiger partial charge in [-0.2, -0.15) is 5.10 Å². The monoisotopic (exact) mass is 393 g/mol. The van der Waals surface area contributed by atoms with Crippen molar-refractivity contribution in [3.05, 3.63) is 34.5 Å². The van der Waals surface area contributed by atoms with E-state index in [-0.39, 0.29) is 11.9 Å². The quantitative estimate of drug-likeness (QED) is 0.834. The van der Waals surface area contributed by atoms with Crippen molar-refractivity contribution >= 4 is 27.1 Å². The molecule has 1 amide bonds. The summed E-state index contributed by atoms with van der Waals surface area (Å²) in [7, 11) is -3.28. The molecule has 2 aliphatic rings. The SMILES string of the molecule is C[C@H]1C[C@H](NC(=O)c2cc(C3CCCCC3)[nH]n2)c2ccsc2S1(=O)=O. The number of thiophene rings is 1. The van der Waals surface area contributed by atoms with Crippen molar-refractivity contribution in [1.29, 1.82) is 0 Å². The third kappa shape index (κ3) is 3.09. The Balaban J connectivity index is 1.51. The van der Waals surface area contributed by atoms with Gasteiger partial charge in [0.2, 0.25) is 0 Å². The highest BCUT2D eigenvalue weighted by Gasteiger charge is 2.38. The zero-order valence-corrected chi connectivity index (χ0v) is 16.3. The largest absolute Gasteiger partial charge is 0.344 e. The number of sulfone groups is 1. The van der Waals surface area contributed by atoms with Gasteiger partial charge in [-0.1, -0.05) is 19.3 Å². The molecule has 1 aliphatic heterocycles. The summed E-state index contributed by atoms with van der Waals surface area (Å²) in [6.07, 6.45) is 6.39. The van der Waals surface area contributed by atoms with Crippen molar-refractivity contribution < 1.29 is 13.2 Å². The molecule has 2 atom stereocenters. The Labute approximate surface area is 157 Å². The maximum atomic E-state index is 12.7. The van der Waals surface area contributed by atoms with Crippen LogP contribution in [0.4, 0.5) is 0 Å².